The average Bonchev–Trinajstić information content (AvgIpc) is 2.52. The van der Waals surface area contributed by atoms with Gasteiger partial charge in [-0.05, 0) is 17.9 Å². The molecule has 0 radical (unpaired) electrons. The van der Waals surface area contributed by atoms with Gasteiger partial charge in [-0.1, -0.05) is 27.7 Å². The van der Waals surface area contributed by atoms with Crippen LogP contribution < -0.4 is 10.9 Å². The first kappa shape index (κ1) is 17.7. The van der Waals surface area contributed by atoms with Crippen molar-refractivity contribution in [3.8, 4) is 5.75 Å². The van der Waals surface area contributed by atoms with Gasteiger partial charge in [0.25, 0.3) is 5.56 Å². The lowest BCUT2D eigenvalue weighted by molar-refractivity contribution is 0.475. The van der Waals surface area contributed by atoms with E-state index in [9.17, 15) is 9.90 Å². The Morgan fingerprint density at radius 1 is 1.42 bits per heavy atom. The number of hydrogen-bond acceptors (Lipinski definition) is 5. The van der Waals surface area contributed by atoms with E-state index in [2.05, 4.69) is 24.1 Å². The van der Waals surface area contributed by atoms with Gasteiger partial charge in [-0.2, -0.15) is 0 Å². The number of hydrogen-bond donors (Lipinski definition) is 3. The fourth-order valence-corrected chi connectivity index (χ4v) is 2.38. The van der Waals surface area contributed by atoms with Crippen LogP contribution in [0.3, 0.4) is 0 Å². The lowest BCUT2D eigenvalue weighted by Gasteiger charge is -2.12. The highest BCUT2D eigenvalue weighted by atomic mass is 16.3. The van der Waals surface area contributed by atoms with E-state index < -0.39 is 0 Å². The molecule has 2 heterocycles. The van der Waals surface area contributed by atoms with Crippen LogP contribution in [-0.2, 0) is 0 Å². The smallest absolute Gasteiger partial charge is 0.261 e. The second-order valence-corrected chi connectivity index (χ2v) is 6.49. The minimum absolute atomic E-state index is 0.0565. The molecular formula is C18H24N4O2. The summed E-state index contributed by atoms with van der Waals surface area (Å²) in [5.41, 5.74) is 1.60. The molecule has 0 spiro atoms. The summed E-state index contributed by atoms with van der Waals surface area (Å²) in [5, 5.41) is 21.2. The van der Waals surface area contributed by atoms with E-state index in [1.54, 1.807) is 18.5 Å². The summed E-state index contributed by atoms with van der Waals surface area (Å²) in [6.07, 6.45) is 5.96. The minimum atomic E-state index is -0.185. The Morgan fingerprint density at radius 2 is 2.12 bits per heavy atom. The highest BCUT2D eigenvalue weighted by Crippen LogP contribution is 2.27. The number of rotatable bonds is 6. The van der Waals surface area contributed by atoms with E-state index in [1.807, 2.05) is 13.8 Å². The van der Waals surface area contributed by atoms with Crippen molar-refractivity contribution < 1.29 is 5.11 Å². The van der Waals surface area contributed by atoms with Crippen molar-refractivity contribution in [3.05, 3.63) is 46.1 Å². The second kappa shape index (κ2) is 7.29. The molecular weight excluding hydrogens is 304 g/mol. The molecule has 6 heteroatoms. The molecule has 6 nitrogen and oxygen atoms in total. The van der Waals surface area contributed by atoms with Crippen LogP contribution >= 0.6 is 0 Å². The normalized spacial score (nSPS) is 12.2. The number of aromatic hydroxyl groups is 1. The minimum Gasteiger partial charge on any atom is -0.504 e. The average molecular weight is 328 g/mol. The molecule has 0 saturated carbocycles. The molecule has 0 aromatic carbocycles. The van der Waals surface area contributed by atoms with Gasteiger partial charge in [-0.25, -0.2) is 4.98 Å². The van der Waals surface area contributed by atoms with Crippen LogP contribution in [0, 0.1) is 11.3 Å². The Hall–Kier alpha value is -2.63. The van der Waals surface area contributed by atoms with E-state index in [-0.39, 0.29) is 22.9 Å². The van der Waals surface area contributed by atoms with E-state index in [0.29, 0.717) is 22.6 Å². The molecule has 2 aromatic rings. The van der Waals surface area contributed by atoms with Gasteiger partial charge >= 0.3 is 0 Å². The largest absolute Gasteiger partial charge is 0.504 e. The van der Waals surface area contributed by atoms with Crippen molar-refractivity contribution in [2.24, 2.45) is 5.92 Å². The van der Waals surface area contributed by atoms with Crippen molar-refractivity contribution in [1.29, 1.82) is 5.41 Å². The van der Waals surface area contributed by atoms with E-state index >= 15 is 0 Å². The summed E-state index contributed by atoms with van der Waals surface area (Å²) in [7, 11) is 0. The van der Waals surface area contributed by atoms with Gasteiger partial charge in [-0.15, -0.1) is 0 Å². The molecule has 0 aliphatic heterocycles. The molecule has 0 unspecified atom stereocenters. The van der Waals surface area contributed by atoms with Gasteiger partial charge in [0, 0.05) is 48.1 Å². The van der Waals surface area contributed by atoms with E-state index in [1.165, 1.54) is 16.8 Å². The van der Waals surface area contributed by atoms with Gasteiger partial charge < -0.3 is 15.8 Å². The zero-order valence-corrected chi connectivity index (χ0v) is 14.5. The summed E-state index contributed by atoms with van der Waals surface area (Å²) in [5.74, 6) is 0.417. The quantitative estimate of drug-likeness (QED) is 0.711. The fraction of sp³-hybridized carbons (Fsp3) is 0.389. The highest BCUT2D eigenvalue weighted by molar-refractivity contribution is 6.09. The molecule has 0 aliphatic rings. The summed E-state index contributed by atoms with van der Waals surface area (Å²) < 4.78 is 1.34. The number of nitrogens with one attached hydrogen (secondary N) is 2. The number of pyridine rings is 1. The number of fused-ring (bicyclic) bond motifs is 1. The zero-order chi connectivity index (χ0) is 17.9. The number of aromatic nitrogens is 2. The standard InChI is InChI=1S/C18H24N4O2/c1-11(2)8-20-9-13(7-19)14-5-6-22-17(16(14)23)21-10-15(12(3)4)18(22)24/h5-7,9-12,19-20,23H,8H2,1-4H3/b13-9+,19-7?. The van der Waals surface area contributed by atoms with E-state index in [4.69, 9.17) is 5.41 Å². The molecule has 2 aromatic heterocycles. The molecule has 0 aliphatic carbocycles. The number of nitrogens with zero attached hydrogens (tertiary/aromatic N) is 2. The topological polar surface area (TPSA) is 90.5 Å². The molecule has 0 amide bonds. The first-order valence-electron chi connectivity index (χ1n) is 8.04. The lowest BCUT2D eigenvalue weighted by atomic mass is 10.1. The predicted octanol–water partition coefficient (Wildman–Crippen LogP) is 2.76. The van der Waals surface area contributed by atoms with Gasteiger partial charge in [0.15, 0.2) is 11.4 Å². The van der Waals surface area contributed by atoms with Crippen LogP contribution in [0.25, 0.3) is 11.2 Å². The first-order valence-corrected chi connectivity index (χ1v) is 8.04. The van der Waals surface area contributed by atoms with Crippen molar-refractivity contribution in [2.45, 2.75) is 33.6 Å². The number of allylic oxidation sites excluding steroid dienone is 1. The van der Waals surface area contributed by atoms with Gasteiger partial charge in [-0.3, -0.25) is 9.20 Å². The van der Waals surface area contributed by atoms with Gasteiger partial charge in [0.2, 0.25) is 0 Å². The maximum absolute atomic E-state index is 12.5. The summed E-state index contributed by atoms with van der Waals surface area (Å²) in [6, 6.07) is 1.63. The third-order valence-electron chi connectivity index (χ3n) is 3.75. The van der Waals surface area contributed by atoms with Crippen LogP contribution in [0.5, 0.6) is 5.75 Å². The van der Waals surface area contributed by atoms with Crippen molar-refractivity contribution in [1.82, 2.24) is 14.7 Å². The van der Waals surface area contributed by atoms with E-state index in [0.717, 1.165) is 6.54 Å². The molecule has 0 saturated heterocycles. The third kappa shape index (κ3) is 3.48. The Kier molecular flexibility index (Phi) is 5.39. The first-order chi connectivity index (χ1) is 11.4. The van der Waals surface area contributed by atoms with Crippen LogP contribution in [0.15, 0.2) is 29.5 Å². The van der Waals surface area contributed by atoms with Crippen molar-refractivity contribution >= 4 is 17.4 Å². The third-order valence-corrected chi connectivity index (χ3v) is 3.75. The van der Waals surface area contributed by atoms with Crippen LogP contribution in [0.1, 0.15) is 44.7 Å². The van der Waals surface area contributed by atoms with Crippen molar-refractivity contribution in [3.63, 3.8) is 0 Å². The molecule has 0 bridgehead atoms. The molecule has 0 fully saturated rings. The summed E-state index contributed by atoms with van der Waals surface area (Å²) in [4.78, 5) is 16.7. The van der Waals surface area contributed by atoms with Gasteiger partial charge in [0.05, 0.1) is 0 Å². The van der Waals surface area contributed by atoms with Crippen LogP contribution in [0.4, 0.5) is 0 Å². The molecule has 24 heavy (non-hydrogen) atoms. The molecule has 0 atom stereocenters. The molecule has 128 valence electrons. The maximum atomic E-state index is 12.5. The Balaban J connectivity index is 2.53. The lowest BCUT2D eigenvalue weighted by Crippen LogP contribution is -2.20. The highest BCUT2D eigenvalue weighted by Gasteiger charge is 2.14. The maximum Gasteiger partial charge on any atom is 0.261 e. The van der Waals surface area contributed by atoms with Gasteiger partial charge in [0.1, 0.15) is 0 Å². The SMILES string of the molecule is CC(C)CN/C=C(\C=N)c1ccn2c(=O)c(C(C)C)cnc2c1O. The Bertz CT molecular complexity index is 835. The van der Waals surface area contributed by atoms with Crippen LogP contribution in [0.2, 0.25) is 0 Å². The van der Waals surface area contributed by atoms with Crippen molar-refractivity contribution in [2.75, 3.05) is 6.54 Å². The predicted molar refractivity (Wildman–Crippen MR) is 96.8 cm³/mol. The Morgan fingerprint density at radius 3 is 2.71 bits per heavy atom. The summed E-state index contributed by atoms with van der Waals surface area (Å²) in [6.45, 7) is 8.79. The fourth-order valence-electron chi connectivity index (χ4n) is 2.38. The second-order valence-electron chi connectivity index (χ2n) is 6.49. The van der Waals surface area contributed by atoms with Crippen LogP contribution in [-0.4, -0.2) is 27.3 Å². The Labute approximate surface area is 141 Å². The summed E-state index contributed by atoms with van der Waals surface area (Å²) >= 11 is 0. The molecule has 2 rings (SSSR count). The monoisotopic (exact) mass is 328 g/mol. The molecule has 3 N–H and O–H groups in total. The zero-order valence-electron chi connectivity index (χ0n) is 14.5.